The molecule has 0 aliphatic carbocycles. The van der Waals surface area contributed by atoms with Gasteiger partial charge in [0.05, 0.1) is 0 Å². The lowest BCUT2D eigenvalue weighted by Gasteiger charge is -2.39. The minimum Gasteiger partial charge on any atom is -0.337 e. The van der Waals surface area contributed by atoms with Gasteiger partial charge in [-0.05, 0) is 73.8 Å². The highest BCUT2D eigenvalue weighted by atomic mass is 35.5. The SMILES string of the molecule is Fc1ccc(N2c3ccc(F)cc3C3CN(CCCCCl)CCC32)cc1. The molecular weight excluding hydrogens is 354 g/mol. The molecule has 5 heteroatoms. The molecular formula is C21H23ClF2N2. The van der Waals surface area contributed by atoms with Crippen molar-refractivity contribution in [3.8, 4) is 0 Å². The molecule has 2 nitrogen and oxygen atoms in total. The summed E-state index contributed by atoms with van der Waals surface area (Å²) in [5.74, 6) is 0.544. The van der Waals surface area contributed by atoms with Crippen LogP contribution >= 0.6 is 11.6 Å². The summed E-state index contributed by atoms with van der Waals surface area (Å²) in [4.78, 5) is 4.74. The van der Waals surface area contributed by atoms with Crippen LogP contribution in [0, 0.1) is 11.6 Å². The highest BCUT2D eigenvalue weighted by molar-refractivity contribution is 6.17. The maximum Gasteiger partial charge on any atom is 0.123 e. The van der Waals surface area contributed by atoms with Crippen molar-refractivity contribution in [2.45, 2.75) is 31.2 Å². The summed E-state index contributed by atoms with van der Waals surface area (Å²) in [5, 5.41) is 0. The van der Waals surface area contributed by atoms with Crippen LogP contribution in [-0.4, -0.2) is 36.5 Å². The van der Waals surface area contributed by atoms with E-state index in [9.17, 15) is 8.78 Å². The number of nitrogens with zero attached hydrogens (tertiary/aromatic N) is 2. The summed E-state index contributed by atoms with van der Waals surface area (Å²) in [6.07, 6.45) is 3.14. The van der Waals surface area contributed by atoms with E-state index in [0.29, 0.717) is 11.9 Å². The van der Waals surface area contributed by atoms with E-state index in [0.717, 1.165) is 55.8 Å². The van der Waals surface area contributed by atoms with E-state index in [1.54, 1.807) is 6.07 Å². The third-order valence-corrected chi connectivity index (χ3v) is 5.87. The van der Waals surface area contributed by atoms with Crippen LogP contribution in [0.2, 0.25) is 0 Å². The van der Waals surface area contributed by atoms with Crippen LogP contribution in [0.1, 0.15) is 30.7 Å². The van der Waals surface area contributed by atoms with Crippen LogP contribution in [-0.2, 0) is 0 Å². The lowest BCUT2D eigenvalue weighted by Crippen LogP contribution is -2.45. The van der Waals surface area contributed by atoms with Crippen LogP contribution in [0.5, 0.6) is 0 Å². The zero-order valence-electron chi connectivity index (χ0n) is 14.7. The number of benzene rings is 2. The Balaban J connectivity index is 1.64. The second-order valence-corrected chi connectivity index (χ2v) is 7.59. The zero-order chi connectivity index (χ0) is 18.1. The van der Waals surface area contributed by atoms with Gasteiger partial charge in [-0.25, -0.2) is 8.78 Å². The van der Waals surface area contributed by atoms with Crippen molar-refractivity contribution >= 4 is 23.0 Å². The summed E-state index contributed by atoms with van der Waals surface area (Å²) in [6.45, 7) is 3.00. The fourth-order valence-electron chi connectivity index (χ4n) is 4.41. The van der Waals surface area contributed by atoms with Crippen molar-refractivity contribution in [3.05, 3.63) is 59.7 Å². The van der Waals surface area contributed by atoms with Crippen LogP contribution in [0.3, 0.4) is 0 Å². The van der Waals surface area contributed by atoms with Gasteiger partial charge in [0.15, 0.2) is 0 Å². The first kappa shape index (κ1) is 17.7. The average Bonchev–Trinajstić information content (AvgIpc) is 2.96. The maximum atomic E-state index is 14.0. The average molecular weight is 377 g/mol. The normalized spacial score (nSPS) is 22.3. The number of halogens is 3. The molecule has 2 unspecified atom stereocenters. The highest BCUT2D eigenvalue weighted by Crippen LogP contribution is 2.48. The molecule has 26 heavy (non-hydrogen) atoms. The molecule has 2 atom stereocenters. The standard InChI is InChI=1S/C21H23ClF2N2/c22-10-1-2-11-25-12-9-21-19(14-25)18-13-16(24)5-8-20(18)26(21)17-6-3-15(23)4-7-17/h3-8,13,19,21H,1-2,9-12,14H2. The molecule has 2 aliphatic heterocycles. The third kappa shape index (κ3) is 3.33. The fraction of sp³-hybridized carbons (Fsp3) is 0.429. The highest BCUT2D eigenvalue weighted by Gasteiger charge is 2.42. The Morgan fingerprint density at radius 3 is 2.54 bits per heavy atom. The molecule has 0 amide bonds. The van der Waals surface area contributed by atoms with Crippen LogP contribution in [0.25, 0.3) is 0 Å². The third-order valence-electron chi connectivity index (χ3n) is 5.60. The molecule has 2 heterocycles. The van der Waals surface area contributed by atoms with Crippen molar-refractivity contribution in [1.29, 1.82) is 0 Å². The molecule has 2 aromatic carbocycles. The summed E-state index contributed by atoms with van der Waals surface area (Å²) in [5.41, 5.74) is 3.10. The molecule has 0 spiro atoms. The summed E-state index contributed by atoms with van der Waals surface area (Å²) < 4.78 is 27.3. The van der Waals surface area contributed by atoms with Gasteiger partial charge in [0.25, 0.3) is 0 Å². The van der Waals surface area contributed by atoms with Crippen molar-refractivity contribution in [2.24, 2.45) is 0 Å². The first-order valence-electron chi connectivity index (χ1n) is 9.30. The molecule has 0 bridgehead atoms. The first-order chi connectivity index (χ1) is 12.7. The smallest absolute Gasteiger partial charge is 0.123 e. The minimum absolute atomic E-state index is 0.192. The molecule has 0 N–H and O–H groups in total. The van der Waals surface area contributed by atoms with E-state index >= 15 is 0 Å². The second kappa shape index (κ2) is 7.53. The van der Waals surface area contributed by atoms with Crippen LogP contribution in [0.4, 0.5) is 20.2 Å². The molecule has 0 aromatic heterocycles. The summed E-state index contributed by atoms with van der Waals surface area (Å²) in [6, 6.07) is 12.0. The second-order valence-electron chi connectivity index (χ2n) is 7.21. The largest absolute Gasteiger partial charge is 0.337 e. The molecule has 138 valence electrons. The molecule has 0 saturated carbocycles. The van der Waals surface area contributed by atoms with Gasteiger partial charge in [0.1, 0.15) is 11.6 Å². The number of rotatable bonds is 5. The Labute approximate surface area is 158 Å². The molecule has 1 saturated heterocycles. The molecule has 4 rings (SSSR count). The molecule has 2 aliphatic rings. The summed E-state index contributed by atoms with van der Waals surface area (Å²) in [7, 11) is 0. The van der Waals surface area contributed by atoms with Crippen molar-refractivity contribution < 1.29 is 8.78 Å². The Morgan fingerprint density at radius 1 is 1.00 bits per heavy atom. The van der Waals surface area contributed by atoms with Gasteiger partial charge < -0.3 is 9.80 Å². The number of fused-ring (bicyclic) bond motifs is 3. The number of alkyl halides is 1. The lowest BCUT2D eigenvalue weighted by molar-refractivity contribution is 0.194. The number of hydrogen-bond donors (Lipinski definition) is 0. The van der Waals surface area contributed by atoms with Gasteiger partial charge in [-0.15, -0.1) is 11.6 Å². The van der Waals surface area contributed by atoms with Gasteiger partial charge in [-0.3, -0.25) is 0 Å². The van der Waals surface area contributed by atoms with Gasteiger partial charge in [0.2, 0.25) is 0 Å². The Kier molecular flexibility index (Phi) is 5.14. The van der Waals surface area contributed by atoms with E-state index in [4.69, 9.17) is 11.6 Å². The van der Waals surface area contributed by atoms with Crippen LogP contribution in [0.15, 0.2) is 42.5 Å². The summed E-state index contributed by atoms with van der Waals surface area (Å²) >= 11 is 5.80. The van der Waals surface area contributed by atoms with Crippen molar-refractivity contribution in [2.75, 3.05) is 30.4 Å². The topological polar surface area (TPSA) is 6.48 Å². The molecule has 2 aromatic rings. The number of hydrogen-bond acceptors (Lipinski definition) is 2. The Hall–Kier alpha value is -1.65. The van der Waals surface area contributed by atoms with Crippen molar-refractivity contribution in [3.63, 3.8) is 0 Å². The van der Waals surface area contributed by atoms with Gasteiger partial charge >= 0.3 is 0 Å². The molecule has 0 radical (unpaired) electrons. The van der Waals surface area contributed by atoms with Crippen LogP contribution < -0.4 is 4.90 Å². The zero-order valence-corrected chi connectivity index (χ0v) is 15.4. The Bertz CT molecular complexity index is 765. The molecule has 1 fully saturated rings. The number of anilines is 2. The number of likely N-dealkylation sites (tertiary alicyclic amines) is 1. The van der Waals surface area contributed by atoms with E-state index < -0.39 is 0 Å². The predicted octanol–water partition coefficient (Wildman–Crippen LogP) is 5.29. The Morgan fingerprint density at radius 2 is 1.77 bits per heavy atom. The van der Waals surface area contributed by atoms with E-state index in [2.05, 4.69) is 9.80 Å². The quantitative estimate of drug-likeness (QED) is 0.516. The monoisotopic (exact) mass is 376 g/mol. The minimum atomic E-state index is -0.238. The van der Waals surface area contributed by atoms with Crippen molar-refractivity contribution in [1.82, 2.24) is 4.90 Å². The van der Waals surface area contributed by atoms with E-state index in [-0.39, 0.29) is 17.6 Å². The predicted molar refractivity (Wildman–Crippen MR) is 102 cm³/mol. The number of piperidine rings is 1. The van der Waals surface area contributed by atoms with Gasteiger partial charge in [-0.1, -0.05) is 0 Å². The fourth-order valence-corrected chi connectivity index (χ4v) is 4.60. The first-order valence-corrected chi connectivity index (χ1v) is 9.83. The van der Waals surface area contributed by atoms with E-state index in [1.165, 1.54) is 18.2 Å². The van der Waals surface area contributed by atoms with E-state index in [1.807, 2.05) is 18.2 Å². The number of unbranched alkanes of at least 4 members (excludes halogenated alkanes) is 1. The lowest BCUT2D eigenvalue weighted by atomic mass is 9.89. The van der Waals surface area contributed by atoms with Gasteiger partial charge in [-0.2, -0.15) is 0 Å². The van der Waals surface area contributed by atoms with Gasteiger partial charge in [0, 0.05) is 42.3 Å². The maximum absolute atomic E-state index is 14.0.